The highest BCUT2D eigenvalue weighted by Crippen LogP contribution is 2.26. The Bertz CT molecular complexity index is 361. The van der Waals surface area contributed by atoms with Crippen molar-refractivity contribution >= 4 is 16.0 Å². The van der Waals surface area contributed by atoms with E-state index in [1.54, 1.807) is 13.8 Å². The quantitative estimate of drug-likeness (QED) is 0.655. The molecule has 0 bridgehead atoms. The molecule has 0 amide bonds. The van der Waals surface area contributed by atoms with Crippen molar-refractivity contribution in [1.82, 2.24) is 4.31 Å². The van der Waals surface area contributed by atoms with Gasteiger partial charge in [0.15, 0.2) is 0 Å². The van der Waals surface area contributed by atoms with Crippen LogP contribution in [0.2, 0.25) is 0 Å². The van der Waals surface area contributed by atoms with Gasteiger partial charge in [-0.15, -0.1) is 0 Å². The first-order chi connectivity index (χ1) is 7.88. The molecule has 0 aromatic carbocycles. The molecule has 1 aliphatic heterocycles. The van der Waals surface area contributed by atoms with Gasteiger partial charge in [0.25, 0.3) is 0 Å². The van der Waals surface area contributed by atoms with Gasteiger partial charge in [0.05, 0.1) is 18.3 Å². The molecule has 0 aliphatic carbocycles. The third kappa shape index (κ3) is 3.65. The molecule has 1 saturated heterocycles. The Kier molecular flexibility index (Phi) is 4.91. The van der Waals surface area contributed by atoms with Gasteiger partial charge in [-0.2, -0.15) is 0 Å². The molecular weight excluding hydrogens is 246 g/mol. The minimum Gasteiger partial charge on any atom is -0.481 e. The van der Waals surface area contributed by atoms with Gasteiger partial charge in [-0.05, 0) is 12.8 Å². The van der Waals surface area contributed by atoms with Crippen molar-refractivity contribution in [3.63, 3.8) is 0 Å². The van der Waals surface area contributed by atoms with Gasteiger partial charge in [-0.1, -0.05) is 6.92 Å². The summed E-state index contributed by atoms with van der Waals surface area (Å²) in [4.78, 5) is 10.7. The van der Waals surface area contributed by atoms with Gasteiger partial charge in [-0.3, -0.25) is 4.79 Å². The van der Waals surface area contributed by atoms with Gasteiger partial charge in [0, 0.05) is 19.7 Å². The van der Waals surface area contributed by atoms with E-state index in [1.807, 2.05) is 0 Å². The molecule has 1 unspecified atom stereocenters. The maximum absolute atomic E-state index is 11.7. The summed E-state index contributed by atoms with van der Waals surface area (Å²) in [6.45, 7) is 4.71. The molecule has 1 aliphatic rings. The Morgan fingerprint density at radius 1 is 1.53 bits per heavy atom. The molecule has 1 N–H and O–H groups in total. The van der Waals surface area contributed by atoms with Gasteiger partial charge >= 0.3 is 5.97 Å². The van der Waals surface area contributed by atoms with E-state index >= 15 is 0 Å². The first-order valence-corrected chi connectivity index (χ1v) is 7.27. The van der Waals surface area contributed by atoms with Gasteiger partial charge in [-0.25, -0.2) is 12.7 Å². The van der Waals surface area contributed by atoms with Crippen LogP contribution in [0.1, 0.15) is 13.8 Å². The number of aliphatic carboxylic acids is 1. The van der Waals surface area contributed by atoms with Crippen molar-refractivity contribution in [2.75, 3.05) is 32.1 Å². The molecule has 0 radical (unpaired) electrons. The molecule has 17 heavy (non-hydrogen) atoms. The van der Waals surface area contributed by atoms with E-state index in [0.717, 1.165) is 0 Å². The summed E-state index contributed by atoms with van der Waals surface area (Å²) in [5.74, 6) is -1.47. The van der Waals surface area contributed by atoms with Crippen LogP contribution in [0.3, 0.4) is 0 Å². The first kappa shape index (κ1) is 14.4. The van der Waals surface area contributed by atoms with E-state index < -0.39 is 21.9 Å². The second-order valence-corrected chi connectivity index (χ2v) is 6.31. The second kappa shape index (κ2) is 5.79. The summed E-state index contributed by atoms with van der Waals surface area (Å²) in [7, 11) is -3.27. The van der Waals surface area contributed by atoms with Crippen LogP contribution >= 0.6 is 0 Å². The Labute approximate surface area is 102 Å². The fourth-order valence-electron chi connectivity index (χ4n) is 1.65. The molecule has 1 atom stereocenters. The Morgan fingerprint density at radius 3 is 2.59 bits per heavy atom. The highest BCUT2D eigenvalue weighted by molar-refractivity contribution is 7.89. The largest absolute Gasteiger partial charge is 0.481 e. The number of sulfonamides is 1. The molecule has 100 valence electrons. The van der Waals surface area contributed by atoms with Gasteiger partial charge < -0.3 is 9.84 Å². The summed E-state index contributed by atoms with van der Waals surface area (Å²) in [5, 5.41) is 8.79. The smallest absolute Gasteiger partial charge is 0.306 e. The summed E-state index contributed by atoms with van der Waals surface area (Å²) < 4.78 is 29.8. The van der Waals surface area contributed by atoms with E-state index in [9.17, 15) is 13.2 Å². The number of hydrogen-bond acceptors (Lipinski definition) is 4. The van der Waals surface area contributed by atoms with E-state index in [2.05, 4.69) is 0 Å². The molecule has 0 aromatic rings. The van der Waals surface area contributed by atoms with Crippen molar-refractivity contribution in [3.8, 4) is 0 Å². The third-order valence-electron chi connectivity index (χ3n) is 3.06. The number of carboxylic acids is 1. The lowest BCUT2D eigenvalue weighted by Gasteiger charge is -2.39. The normalized spacial score (nSPS) is 19.9. The SMILES string of the molecule is CCOCCS(=O)(=O)N1CC(C(C)C(=O)O)C1. The molecule has 1 rings (SSSR count). The van der Waals surface area contributed by atoms with Crippen molar-refractivity contribution < 1.29 is 23.1 Å². The van der Waals surface area contributed by atoms with Crippen LogP contribution in [0.25, 0.3) is 0 Å². The highest BCUT2D eigenvalue weighted by atomic mass is 32.2. The zero-order valence-electron chi connectivity index (χ0n) is 10.1. The van der Waals surface area contributed by atoms with Crippen LogP contribution in [0.4, 0.5) is 0 Å². The Morgan fingerprint density at radius 2 is 2.12 bits per heavy atom. The van der Waals surface area contributed by atoms with E-state index in [-0.39, 0.29) is 18.3 Å². The summed E-state index contributed by atoms with van der Waals surface area (Å²) in [6.07, 6.45) is 0. The molecule has 6 nitrogen and oxygen atoms in total. The zero-order valence-corrected chi connectivity index (χ0v) is 10.9. The number of ether oxygens (including phenoxy) is 1. The maximum atomic E-state index is 11.7. The summed E-state index contributed by atoms with van der Waals surface area (Å²) >= 11 is 0. The maximum Gasteiger partial charge on any atom is 0.306 e. The zero-order chi connectivity index (χ0) is 13.1. The van der Waals surface area contributed by atoms with E-state index in [1.165, 1.54) is 4.31 Å². The second-order valence-electron chi connectivity index (χ2n) is 4.22. The van der Waals surface area contributed by atoms with E-state index in [0.29, 0.717) is 19.7 Å². The van der Waals surface area contributed by atoms with E-state index in [4.69, 9.17) is 9.84 Å². The fraction of sp³-hybridized carbons (Fsp3) is 0.900. The van der Waals surface area contributed by atoms with Crippen molar-refractivity contribution in [2.45, 2.75) is 13.8 Å². The molecule has 7 heteroatoms. The standard InChI is InChI=1S/C10H19NO5S/c1-3-16-4-5-17(14,15)11-6-9(7-11)8(2)10(12)13/h8-9H,3-7H2,1-2H3,(H,12,13). The van der Waals surface area contributed by atoms with Crippen LogP contribution in [-0.4, -0.2) is 55.9 Å². The molecular formula is C10H19NO5S. The molecule has 0 aromatic heterocycles. The lowest BCUT2D eigenvalue weighted by atomic mass is 9.89. The van der Waals surface area contributed by atoms with Crippen molar-refractivity contribution in [1.29, 1.82) is 0 Å². The lowest BCUT2D eigenvalue weighted by Crippen LogP contribution is -2.54. The number of nitrogens with zero attached hydrogens (tertiary/aromatic N) is 1. The predicted molar refractivity (Wildman–Crippen MR) is 62.1 cm³/mol. The first-order valence-electron chi connectivity index (χ1n) is 5.67. The van der Waals surface area contributed by atoms with Crippen LogP contribution < -0.4 is 0 Å². The number of hydrogen-bond donors (Lipinski definition) is 1. The highest BCUT2D eigenvalue weighted by Gasteiger charge is 2.40. The van der Waals surface area contributed by atoms with Crippen LogP contribution in [0.5, 0.6) is 0 Å². The molecule has 0 saturated carbocycles. The van der Waals surface area contributed by atoms with Crippen molar-refractivity contribution in [3.05, 3.63) is 0 Å². The summed E-state index contributed by atoms with van der Waals surface area (Å²) in [6, 6.07) is 0. The van der Waals surface area contributed by atoms with Gasteiger partial charge in [0.2, 0.25) is 10.0 Å². The Balaban J connectivity index is 2.38. The monoisotopic (exact) mass is 265 g/mol. The molecule has 1 fully saturated rings. The minimum absolute atomic E-state index is 0.0327. The van der Waals surface area contributed by atoms with Crippen molar-refractivity contribution in [2.24, 2.45) is 11.8 Å². The van der Waals surface area contributed by atoms with Gasteiger partial charge in [0.1, 0.15) is 0 Å². The number of carbonyl (C=O) groups is 1. The average molecular weight is 265 g/mol. The topological polar surface area (TPSA) is 83.9 Å². The average Bonchev–Trinajstić information content (AvgIpc) is 2.14. The van der Waals surface area contributed by atoms with Crippen LogP contribution in [-0.2, 0) is 19.6 Å². The third-order valence-corrected chi connectivity index (χ3v) is 4.82. The summed E-state index contributed by atoms with van der Waals surface area (Å²) in [5.41, 5.74) is 0. The number of rotatable bonds is 7. The van der Waals surface area contributed by atoms with Crippen LogP contribution in [0, 0.1) is 11.8 Å². The molecule has 0 spiro atoms. The lowest BCUT2D eigenvalue weighted by molar-refractivity contribution is -0.144. The Hall–Kier alpha value is -0.660. The minimum atomic E-state index is -3.27. The fourth-order valence-corrected chi connectivity index (χ4v) is 3.08. The molecule has 1 heterocycles. The number of carboxylic acid groups (broad SMARTS) is 1. The predicted octanol–water partition coefficient (Wildman–Crippen LogP) is 0.00520. The van der Waals surface area contributed by atoms with Crippen LogP contribution in [0.15, 0.2) is 0 Å².